The van der Waals surface area contributed by atoms with Crippen molar-refractivity contribution in [1.29, 1.82) is 0 Å². The quantitative estimate of drug-likeness (QED) is 0.536. The summed E-state index contributed by atoms with van der Waals surface area (Å²) in [6.07, 6.45) is 8.63. The van der Waals surface area contributed by atoms with E-state index in [9.17, 15) is 4.79 Å². The van der Waals surface area contributed by atoms with Crippen LogP contribution in [-0.2, 0) is 4.79 Å². The molecular weight excluding hydrogens is 186 g/mol. The Labute approximate surface area is 95.0 Å². The number of carbonyl (C=O) groups is 1. The molecule has 0 aliphatic rings. The SMILES string of the molecule is [CH2]CCCCCCC(=O)N(C)CCCC. The molecular formula is C13H26NO. The summed E-state index contributed by atoms with van der Waals surface area (Å²) < 4.78 is 0. The molecule has 0 bridgehead atoms. The molecule has 0 spiro atoms. The molecule has 0 saturated carbocycles. The third-order valence-corrected chi connectivity index (χ3v) is 2.66. The first-order chi connectivity index (χ1) is 7.22. The summed E-state index contributed by atoms with van der Waals surface area (Å²) in [5.41, 5.74) is 0. The molecule has 0 aliphatic carbocycles. The van der Waals surface area contributed by atoms with E-state index in [1.807, 2.05) is 11.9 Å². The van der Waals surface area contributed by atoms with Gasteiger partial charge < -0.3 is 4.90 Å². The zero-order chi connectivity index (χ0) is 11.5. The monoisotopic (exact) mass is 212 g/mol. The Kier molecular flexibility index (Phi) is 9.65. The van der Waals surface area contributed by atoms with Crippen molar-refractivity contribution in [1.82, 2.24) is 4.90 Å². The van der Waals surface area contributed by atoms with E-state index in [0.717, 1.165) is 38.6 Å². The van der Waals surface area contributed by atoms with Crippen molar-refractivity contribution in [2.45, 2.75) is 58.3 Å². The van der Waals surface area contributed by atoms with Gasteiger partial charge in [0.1, 0.15) is 0 Å². The van der Waals surface area contributed by atoms with Crippen molar-refractivity contribution in [2.24, 2.45) is 0 Å². The number of nitrogens with zero attached hydrogens (tertiary/aromatic N) is 1. The van der Waals surface area contributed by atoms with Gasteiger partial charge in [-0.1, -0.05) is 46.0 Å². The van der Waals surface area contributed by atoms with Gasteiger partial charge in [0.05, 0.1) is 0 Å². The van der Waals surface area contributed by atoms with Crippen LogP contribution in [0.2, 0.25) is 0 Å². The average Bonchev–Trinajstić information content (AvgIpc) is 2.25. The fraction of sp³-hybridized carbons (Fsp3) is 0.846. The summed E-state index contributed by atoms with van der Waals surface area (Å²) in [7, 11) is 1.91. The molecule has 0 heterocycles. The number of hydrogen-bond donors (Lipinski definition) is 0. The smallest absolute Gasteiger partial charge is 0.222 e. The first-order valence-electron chi connectivity index (χ1n) is 6.25. The summed E-state index contributed by atoms with van der Waals surface area (Å²) >= 11 is 0. The lowest BCUT2D eigenvalue weighted by molar-refractivity contribution is -0.130. The van der Waals surface area contributed by atoms with Crippen LogP contribution in [0.5, 0.6) is 0 Å². The standard InChI is InChI=1S/C13H26NO/c1-4-6-8-9-10-11-13(15)14(3)12-7-5-2/h1,4-12H2,2-3H3. The molecule has 0 rings (SSSR count). The van der Waals surface area contributed by atoms with E-state index in [1.54, 1.807) is 0 Å². The molecule has 0 aromatic heterocycles. The van der Waals surface area contributed by atoms with Crippen molar-refractivity contribution >= 4 is 5.91 Å². The zero-order valence-corrected chi connectivity index (χ0v) is 10.4. The maximum absolute atomic E-state index is 11.6. The fourth-order valence-electron chi connectivity index (χ4n) is 1.52. The van der Waals surface area contributed by atoms with Crippen molar-refractivity contribution in [3.8, 4) is 0 Å². The lowest BCUT2D eigenvalue weighted by atomic mass is 10.1. The molecule has 1 radical (unpaired) electrons. The van der Waals surface area contributed by atoms with Gasteiger partial charge in [-0.3, -0.25) is 4.79 Å². The predicted octanol–water partition coefficient (Wildman–Crippen LogP) is 3.42. The van der Waals surface area contributed by atoms with Crippen LogP contribution in [-0.4, -0.2) is 24.4 Å². The highest BCUT2D eigenvalue weighted by Gasteiger charge is 2.06. The lowest BCUT2D eigenvalue weighted by Gasteiger charge is -2.16. The van der Waals surface area contributed by atoms with Gasteiger partial charge in [-0.2, -0.15) is 0 Å². The maximum Gasteiger partial charge on any atom is 0.222 e. The molecule has 0 saturated heterocycles. The molecule has 2 nitrogen and oxygen atoms in total. The van der Waals surface area contributed by atoms with Crippen LogP contribution in [0.3, 0.4) is 0 Å². The van der Waals surface area contributed by atoms with E-state index < -0.39 is 0 Å². The molecule has 0 unspecified atom stereocenters. The highest BCUT2D eigenvalue weighted by Crippen LogP contribution is 2.06. The van der Waals surface area contributed by atoms with E-state index in [4.69, 9.17) is 0 Å². The predicted molar refractivity (Wildman–Crippen MR) is 65.6 cm³/mol. The highest BCUT2D eigenvalue weighted by atomic mass is 16.2. The molecule has 1 amide bonds. The lowest BCUT2D eigenvalue weighted by Crippen LogP contribution is -2.27. The maximum atomic E-state index is 11.6. The van der Waals surface area contributed by atoms with Crippen LogP contribution >= 0.6 is 0 Å². The van der Waals surface area contributed by atoms with Crippen LogP contribution < -0.4 is 0 Å². The van der Waals surface area contributed by atoms with Gasteiger partial charge >= 0.3 is 0 Å². The number of rotatable bonds is 9. The second-order valence-corrected chi connectivity index (χ2v) is 4.19. The molecule has 0 atom stereocenters. The van der Waals surface area contributed by atoms with Crippen LogP contribution in [0.15, 0.2) is 0 Å². The Balaban J connectivity index is 3.38. The summed E-state index contributed by atoms with van der Waals surface area (Å²) in [6, 6.07) is 0. The summed E-state index contributed by atoms with van der Waals surface area (Å²) in [5.74, 6) is 0.304. The minimum absolute atomic E-state index is 0.304. The molecule has 15 heavy (non-hydrogen) atoms. The third-order valence-electron chi connectivity index (χ3n) is 2.66. The van der Waals surface area contributed by atoms with Gasteiger partial charge in [-0.15, -0.1) is 0 Å². The largest absolute Gasteiger partial charge is 0.346 e. The van der Waals surface area contributed by atoms with Crippen LogP contribution in [0.4, 0.5) is 0 Å². The van der Waals surface area contributed by atoms with Gasteiger partial charge in [0.2, 0.25) is 5.91 Å². The number of unbranched alkanes of at least 4 members (excludes halogenated alkanes) is 5. The average molecular weight is 212 g/mol. The van der Waals surface area contributed by atoms with E-state index >= 15 is 0 Å². The van der Waals surface area contributed by atoms with E-state index in [1.165, 1.54) is 19.3 Å². The van der Waals surface area contributed by atoms with Gasteiger partial charge in [-0.05, 0) is 12.8 Å². The normalized spacial score (nSPS) is 10.3. The minimum atomic E-state index is 0.304. The molecule has 0 aromatic carbocycles. The summed E-state index contributed by atoms with van der Waals surface area (Å²) in [4.78, 5) is 13.5. The molecule has 0 aliphatic heterocycles. The van der Waals surface area contributed by atoms with E-state index in [2.05, 4.69) is 13.8 Å². The van der Waals surface area contributed by atoms with E-state index in [-0.39, 0.29) is 0 Å². The Morgan fingerprint density at radius 2 is 1.80 bits per heavy atom. The van der Waals surface area contributed by atoms with Gasteiger partial charge in [-0.25, -0.2) is 0 Å². The Morgan fingerprint density at radius 3 is 2.40 bits per heavy atom. The van der Waals surface area contributed by atoms with E-state index in [0.29, 0.717) is 5.91 Å². The van der Waals surface area contributed by atoms with Crippen LogP contribution in [0, 0.1) is 6.92 Å². The van der Waals surface area contributed by atoms with Crippen molar-refractivity contribution < 1.29 is 4.79 Å². The first-order valence-corrected chi connectivity index (χ1v) is 6.25. The number of carbonyl (C=O) groups excluding carboxylic acids is 1. The first kappa shape index (κ1) is 14.5. The Hall–Kier alpha value is -0.530. The summed E-state index contributed by atoms with van der Waals surface area (Å²) in [5, 5.41) is 0. The molecule has 2 heteroatoms. The van der Waals surface area contributed by atoms with Crippen LogP contribution in [0.25, 0.3) is 0 Å². The number of amides is 1. The minimum Gasteiger partial charge on any atom is -0.346 e. The molecule has 0 fully saturated rings. The summed E-state index contributed by atoms with van der Waals surface area (Å²) in [6.45, 7) is 6.87. The molecule has 0 N–H and O–H groups in total. The second-order valence-electron chi connectivity index (χ2n) is 4.19. The molecule has 0 aromatic rings. The topological polar surface area (TPSA) is 20.3 Å². The Bertz CT molecular complexity index is 157. The van der Waals surface area contributed by atoms with Crippen molar-refractivity contribution in [3.63, 3.8) is 0 Å². The zero-order valence-electron chi connectivity index (χ0n) is 10.4. The Morgan fingerprint density at radius 1 is 1.13 bits per heavy atom. The number of hydrogen-bond acceptors (Lipinski definition) is 1. The van der Waals surface area contributed by atoms with Crippen molar-refractivity contribution in [3.05, 3.63) is 6.92 Å². The van der Waals surface area contributed by atoms with Gasteiger partial charge in [0.15, 0.2) is 0 Å². The van der Waals surface area contributed by atoms with Gasteiger partial charge in [0, 0.05) is 20.0 Å². The third kappa shape index (κ3) is 8.46. The highest BCUT2D eigenvalue weighted by molar-refractivity contribution is 5.75. The van der Waals surface area contributed by atoms with Gasteiger partial charge in [0.25, 0.3) is 0 Å². The second kappa shape index (κ2) is 10.0. The molecule has 89 valence electrons. The fourth-order valence-corrected chi connectivity index (χ4v) is 1.52. The van der Waals surface area contributed by atoms with Crippen LogP contribution in [0.1, 0.15) is 58.3 Å². The van der Waals surface area contributed by atoms with Crippen molar-refractivity contribution in [2.75, 3.05) is 13.6 Å².